The fraction of sp³-hybridized carbons (Fsp3) is 0.364. The van der Waals surface area contributed by atoms with Gasteiger partial charge in [-0.1, -0.05) is 0 Å². The van der Waals surface area contributed by atoms with E-state index in [0.29, 0.717) is 0 Å². The summed E-state index contributed by atoms with van der Waals surface area (Å²) in [6.45, 7) is 1.66. The molecule has 1 aromatic rings. The van der Waals surface area contributed by atoms with Crippen molar-refractivity contribution in [2.24, 2.45) is 0 Å². The molecule has 6 heteroatoms. The van der Waals surface area contributed by atoms with Gasteiger partial charge in [-0.05, 0) is 25.1 Å². The third-order valence-corrected chi connectivity index (χ3v) is 2.05. The summed E-state index contributed by atoms with van der Waals surface area (Å²) >= 11 is 0. The lowest BCUT2D eigenvalue weighted by atomic mass is 10.1. The van der Waals surface area contributed by atoms with Gasteiger partial charge in [-0.25, -0.2) is 0 Å². The Bertz CT molecular complexity index is 435. The molecular formula is C11H11F3N2O. The maximum absolute atomic E-state index is 12.6. The molecule has 0 saturated heterocycles. The lowest BCUT2D eigenvalue weighted by Gasteiger charge is -2.13. The number of hydrogen-bond acceptors (Lipinski definition) is 3. The van der Waals surface area contributed by atoms with Gasteiger partial charge >= 0.3 is 6.18 Å². The molecule has 0 fully saturated rings. The van der Waals surface area contributed by atoms with Crippen molar-refractivity contribution in [3.8, 4) is 6.07 Å². The third-order valence-electron chi connectivity index (χ3n) is 2.05. The molecule has 92 valence electrons. The van der Waals surface area contributed by atoms with Crippen molar-refractivity contribution in [2.45, 2.75) is 19.2 Å². The number of aliphatic hydroxyl groups excluding tert-OH is 1. The largest absolute Gasteiger partial charge is 0.417 e. The van der Waals surface area contributed by atoms with E-state index in [-0.39, 0.29) is 12.2 Å². The van der Waals surface area contributed by atoms with Crippen molar-refractivity contribution in [3.05, 3.63) is 29.3 Å². The molecule has 0 aromatic heterocycles. The second-order valence-electron chi connectivity index (χ2n) is 3.60. The fourth-order valence-electron chi connectivity index (χ4n) is 1.25. The highest BCUT2D eigenvalue weighted by Gasteiger charge is 2.33. The SMILES string of the molecule is C[C@H](O)CNc1ccc(C#N)c(C(F)(F)F)c1. The van der Waals surface area contributed by atoms with Crippen LogP contribution in [0, 0.1) is 11.3 Å². The van der Waals surface area contributed by atoms with Crippen LogP contribution in [0.3, 0.4) is 0 Å². The second kappa shape index (κ2) is 5.06. The zero-order valence-electron chi connectivity index (χ0n) is 9.04. The van der Waals surface area contributed by atoms with Crippen LogP contribution in [0.15, 0.2) is 18.2 Å². The van der Waals surface area contributed by atoms with Crippen molar-refractivity contribution in [1.82, 2.24) is 0 Å². The third kappa shape index (κ3) is 3.64. The highest BCUT2D eigenvalue weighted by molar-refractivity contribution is 5.53. The Kier molecular flexibility index (Phi) is 3.97. The number of nitriles is 1. The number of nitrogens with one attached hydrogen (secondary N) is 1. The van der Waals surface area contributed by atoms with Gasteiger partial charge in [0, 0.05) is 12.2 Å². The molecule has 0 aliphatic carbocycles. The summed E-state index contributed by atoms with van der Waals surface area (Å²) in [7, 11) is 0. The van der Waals surface area contributed by atoms with Crippen molar-refractivity contribution < 1.29 is 18.3 Å². The normalized spacial score (nSPS) is 12.9. The van der Waals surface area contributed by atoms with Gasteiger partial charge in [0.05, 0.1) is 23.3 Å². The zero-order valence-corrected chi connectivity index (χ0v) is 9.04. The van der Waals surface area contributed by atoms with Crippen LogP contribution in [0.5, 0.6) is 0 Å². The highest BCUT2D eigenvalue weighted by atomic mass is 19.4. The summed E-state index contributed by atoms with van der Waals surface area (Å²) in [6.07, 6.45) is -5.23. The summed E-state index contributed by atoms with van der Waals surface area (Å²) in [5.41, 5.74) is -1.17. The molecule has 0 amide bonds. The molecule has 0 aliphatic heterocycles. The molecule has 0 aliphatic rings. The van der Waals surface area contributed by atoms with Crippen LogP contribution < -0.4 is 5.32 Å². The van der Waals surface area contributed by atoms with E-state index in [1.165, 1.54) is 19.1 Å². The average Bonchev–Trinajstić information content (AvgIpc) is 2.24. The number of halogens is 3. The van der Waals surface area contributed by atoms with E-state index in [2.05, 4.69) is 5.32 Å². The first-order chi connectivity index (χ1) is 7.84. The quantitative estimate of drug-likeness (QED) is 0.858. The molecule has 0 spiro atoms. The smallest absolute Gasteiger partial charge is 0.392 e. The Morgan fingerprint density at radius 1 is 1.47 bits per heavy atom. The molecule has 0 radical (unpaired) electrons. The van der Waals surface area contributed by atoms with Crippen molar-refractivity contribution >= 4 is 5.69 Å². The number of aliphatic hydroxyl groups is 1. The Labute approximate surface area is 96.5 Å². The number of benzene rings is 1. The van der Waals surface area contributed by atoms with Crippen LogP contribution in [0.1, 0.15) is 18.1 Å². The topological polar surface area (TPSA) is 56.0 Å². The van der Waals surface area contributed by atoms with Crippen molar-refractivity contribution in [2.75, 3.05) is 11.9 Å². The first-order valence-corrected chi connectivity index (χ1v) is 4.88. The first-order valence-electron chi connectivity index (χ1n) is 4.88. The van der Waals surface area contributed by atoms with Gasteiger partial charge in [0.1, 0.15) is 0 Å². The van der Waals surface area contributed by atoms with E-state index in [0.717, 1.165) is 12.1 Å². The molecule has 0 unspecified atom stereocenters. The number of nitrogens with zero attached hydrogens (tertiary/aromatic N) is 1. The maximum atomic E-state index is 12.6. The van der Waals surface area contributed by atoms with Crippen molar-refractivity contribution in [3.63, 3.8) is 0 Å². The lowest BCUT2D eigenvalue weighted by Crippen LogP contribution is -2.16. The molecule has 2 N–H and O–H groups in total. The summed E-state index contributed by atoms with van der Waals surface area (Å²) in [5.74, 6) is 0. The first kappa shape index (κ1) is 13.3. The molecule has 1 atom stereocenters. The lowest BCUT2D eigenvalue weighted by molar-refractivity contribution is -0.137. The zero-order chi connectivity index (χ0) is 13.1. The Morgan fingerprint density at radius 2 is 2.12 bits per heavy atom. The molecule has 1 aromatic carbocycles. The average molecular weight is 244 g/mol. The molecular weight excluding hydrogens is 233 g/mol. The summed E-state index contributed by atoms with van der Waals surface area (Å²) in [6, 6.07) is 4.83. The number of hydrogen-bond donors (Lipinski definition) is 2. The van der Waals surface area contributed by atoms with E-state index >= 15 is 0 Å². The van der Waals surface area contributed by atoms with Gasteiger partial charge in [0.2, 0.25) is 0 Å². The second-order valence-corrected chi connectivity index (χ2v) is 3.60. The monoisotopic (exact) mass is 244 g/mol. The Morgan fingerprint density at radius 3 is 2.59 bits per heavy atom. The van der Waals surface area contributed by atoms with Gasteiger partial charge < -0.3 is 10.4 Å². The number of alkyl halides is 3. The molecule has 1 rings (SSSR count). The minimum absolute atomic E-state index is 0.142. The highest BCUT2D eigenvalue weighted by Crippen LogP contribution is 2.33. The summed E-state index contributed by atoms with van der Waals surface area (Å²) in [5, 5.41) is 20.2. The van der Waals surface area contributed by atoms with E-state index in [4.69, 9.17) is 10.4 Å². The van der Waals surface area contributed by atoms with Crippen LogP contribution in [-0.4, -0.2) is 17.8 Å². The number of anilines is 1. The van der Waals surface area contributed by atoms with Crippen LogP contribution in [0.25, 0.3) is 0 Å². The van der Waals surface area contributed by atoms with Gasteiger partial charge in [-0.15, -0.1) is 0 Å². The van der Waals surface area contributed by atoms with E-state index in [1.807, 2.05) is 0 Å². The predicted molar refractivity (Wildman–Crippen MR) is 56.3 cm³/mol. The Balaban J connectivity index is 3.02. The van der Waals surface area contributed by atoms with Crippen LogP contribution in [0.4, 0.5) is 18.9 Å². The van der Waals surface area contributed by atoms with Gasteiger partial charge in [0.25, 0.3) is 0 Å². The molecule has 3 nitrogen and oxygen atoms in total. The van der Waals surface area contributed by atoms with Crippen LogP contribution in [-0.2, 0) is 6.18 Å². The van der Waals surface area contributed by atoms with Crippen LogP contribution >= 0.6 is 0 Å². The fourth-order valence-corrected chi connectivity index (χ4v) is 1.25. The molecule has 17 heavy (non-hydrogen) atoms. The molecule has 0 saturated carbocycles. The van der Waals surface area contributed by atoms with Crippen LogP contribution in [0.2, 0.25) is 0 Å². The summed E-state index contributed by atoms with van der Waals surface area (Å²) in [4.78, 5) is 0. The molecule has 0 heterocycles. The van der Waals surface area contributed by atoms with Gasteiger partial charge in [-0.2, -0.15) is 18.4 Å². The van der Waals surface area contributed by atoms with Crippen molar-refractivity contribution in [1.29, 1.82) is 5.26 Å². The Hall–Kier alpha value is -1.74. The van der Waals surface area contributed by atoms with E-state index in [1.54, 1.807) is 0 Å². The standard InChI is InChI=1S/C11H11F3N2O/c1-7(17)6-16-9-3-2-8(5-15)10(4-9)11(12,13)14/h2-4,7,16-17H,6H2,1H3/t7-/m0/s1. The summed E-state index contributed by atoms with van der Waals surface area (Å²) < 4.78 is 37.8. The maximum Gasteiger partial charge on any atom is 0.417 e. The van der Waals surface area contributed by atoms with Gasteiger partial charge in [-0.3, -0.25) is 0 Å². The molecule has 0 bridgehead atoms. The van der Waals surface area contributed by atoms with Gasteiger partial charge in [0.15, 0.2) is 0 Å². The number of rotatable bonds is 3. The van der Waals surface area contributed by atoms with E-state index < -0.39 is 23.4 Å². The predicted octanol–water partition coefficient (Wildman–Crippen LogP) is 2.37. The minimum atomic E-state index is -4.56. The van der Waals surface area contributed by atoms with E-state index in [9.17, 15) is 13.2 Å². The minimum Gasteiger partial charge on any atom is -0.392 e.